The van der Waals surface area contributed by atoms with Gasteiger partial charge in [0.1, 0.15) is 5.58 Å². The number of hydrogen-bond acceptors (Lipinski definition) is 4. The van der Waals surface area contributed by atoms with E-state index >= 15 is 0 Å². The van der Waals surface area contributed by atoms with Crippen LogP contribution in [-0.4, -0.2) is 19.2 Å². The van der Waals surface area contributed by atoms with Crippen LogP contribution in [0.3, 0.4) is 0 Å². The van der Waals surface area contributed by atoms with E-state index in [0.29, 0.717) is 11.8 Å². The SMILES string of the molecule is CS(=O)(=O)O.O=c1ccc2ccccc2o1. The fourth-order valence-corrected chi connectivity index (χ4v) is 1.01. The first-order valence-electron chi connectivity index (χ1n) is 4.27. The van der Waals surface area contributed by atoms with Crippen LogP contribution in [0.4, 0.5) is 0 Å². The predicted octanol–water partition coefficient (Wildman–Crippen LogP) is 1.30. The van der Waals surface area contributed by atoms with Gasteiger partial charge in [0.15, 0.2) is 0 Å². The Kier molecular flexibility index (Phi) is 3.81. The molecule has 5 nitrogen and oxygen atoms in total. The van der Waals surface area contributed by atoms with Crippen LogP contribution in [0.2, 0.25) is 0 Å². The molecule has 6 heteroatoms. The Bertz CT molecular complexity index is 619. The summed E-state index contributed by atoms with van der Waals surface area (Å²) in [5.74, 6) is 0. The third-order valence-electron chi connectivity index (χ3n) is 1.53. The molecule has 0 unspecified atom stereocenters. The average Bonchev–Trinajstić information content (AvgIpc) is 2.15. The molecule has 0 aliphatic rings. The molecule has 86 valence electrons. The summed E-state index contributed by atoms with van der Waals surface area (Å²) in [5.41, 5.74) is 0.337. The smallest absolute Gasteiger partial charge is 0.336 e. The molecular formula is C10H10O5S. The van der Waals surface area contributed by atoms with Gasteiger partial charge in [-0.2, -0.15) is 8.42 Å². The molecule has 0 bridgehead atoms. The zero-order chi connectivity index (χ0) is 12.2. The first-order chi connectivity index (χ1) is 7.36. The predicted molar refractivity (Wildman–Crippen MR) is 60.0 cm³/mol. The van der Waals surface area contributed by atoms with Gasteiger partial charge in [0, 0.05) is 11.5 Å². The van der Waals surface area contributed by atoms with Gasteiger partial charge >= 0.3 is 5.63 Å². The van der Waals surface area contributed by atoms with Gasteiger partial charge in [-0.3, -0.25) is 4.55 Å². The standard InChI is InChI=1S/C9H6O2.CH4O3S/c10-9-6-5-7-3-1-2-4-8(7)11-9;1-5(2,3)4/h1-6H;1H3,(H,2,3,4). The molecule has 2 rings (SSSR count). The number of benzene rings is 1. The van der Waals surface area contributed by atoms with E-state index in [1.807, 2.05) is 18.2 Å². The van der Waals surface area contributed by atoms with Crippen LogP contribution in [0, 0.1) is 0 Å². The van der Waals surface area contributed by atoms with E-state index in [0.717, 1.165) is 5.39 Å². The molecule has 0 amide bonds. The molecular weight excluding hydrogens is 232 g/mol. The lowest BCUT2D eigenvalue weighted by Crippen LogP contribution is -1.93. The lowest BCUT2D eigenvalue weighted by atomic mass is 10.2. The molecule has 0 saturated carbocycles. The molecule has 0 aliphatic carbocycles. The number of hydrogen-bond donors (Lipinski definition) is 1. The van der Waals surface area contributed by atoms with E-state index in [4.69, 9.17) is 8.97 Å². The molecule has 0 fully saturated rings. The molecule has 1 aromatic heterocycles. The molecule has 1 heterocycles. The largest absolute Gasteiger partial charge is 0.423 e. The molecule has 0 aliphatic heterocycles. The summed E-state index contributed by atoms with van der Waals surface area (Å²) in [7, 11) is -3.67. The maximum atomic E-state index is 10.7. The van der Waals surface area contributed by atoms with Crippen LogP contribution in [0.25, 0.3) is 11.0 Å². The second kappa shape index (κ2) is 4.91. The Morgan fingerprint density at radius 2 is 1.69 bits per heavy atom. The number of rotatable bonds is 0. The second-order valence-corrected chi connectivity index (χ2v) is 4.49. The molecule has 0 radical (unpaired) electrons. The fraction of sp³-hybridized carbons (Fsp3) is 0.100. The lowest BCUT2D eigenvalue weighted by Gasteiger charge is -1.91. The highest BCUT2D eigenvalue weighted by molar-refractivity contribution is 7.85. The van der Waals surface area contributed by atoms with E-state index in [2.05, 4.69) is 0 Å². The Hall–Kier alpha value is -1.66. The van der Waals surface area contributed by atoms with Gasteiger partial charge < -0.3 is 4.42 Å². The summed E-state index contributed by atoms with van der Waals surface area (Å²) < 4.78 is 30.8. The minimum absolute atomic E-state index is 0.302. The van der Waals surface area contributed by atoms with Crippen LogP contribution in [0.5, 0.6) is 0 Å². The van der Waals surface area contributed by atoms with Gasteiger partial charge in [-0.1, -0.05) is 18.2 Å². The van der Waals surface area contributed by atoms with E-state index in [9.17, 15) is 13.2 Å². The molecule has 0 spiro atoms. The van der Waals surface area contributed by atoms with Crippen molar-refractivity contribution >= 4 is 21.1 Å². The van der Waals surface area contributed by atoms with Gasteiger partial charge in [0.05, 0.1) is 6.26 Å². The lowest BCUT2D eigenvalue weighted by molar-refractivity contribution is 0.490. The highest BCUT2D eigenvalue weighted by Crippen LogP contribution is 2.08. The molecule has 16 heavy (non-hydrogen) atoms. The van der Waals surface area contributed by atoms with Gasteiger partial charge in [0.25, 0.3) is 10.1 Å². The highest BCUT2D eigenvalue weighted by Gasteiger charge is 1.92. The Labute approximate surface area is 92.1 Å². The molecule has 2 aromatic rings. The van der Waals surface area contributed by atoms with Gasteiger partial charge in [-0.05, 0) is 12.1 Å². The van der Waals surface area contributed by atoms with Crippen molar-refractivity contribution in [3.05, 3.63) is 46.8 Å². The van der Waals surface area contributed by atoms with Crippen molar-refractivity contribution < 1.29 is 17.4 Å². The zero-order valence-electron chi connectivity index (χ0n) is 8.45. The Morgan fingerprint density at radius 1 is 1.12 bits per heavy atom. The van der Waals surface area contributed by atoms with Crippen molar-refractivity contribution in [2.75, 3.05) is 6.26 Å². The monoisotopic (exact) mass is 242 g/mol. The summed E-state index contributed by atoms with van der Waals surface area (Å²) in [4.78, 5) is 10.7. The van der Waals surface area contributed by atoms with E-state index < -0.39 is 10.1 Å². The zero-order valence-corrected chi connectivity index (χ0v) is 9.27. The first-order valence-corrected chi connectivity index (χ1v) is 6.12. The molecule has 1 aromatic carbocycles. The Morgan fingerprint density at radius 3 is 2.31 bits per heavy atom. The number of para-hydroxylation sites is 1. The van der Waals surface area contributed by atoms with E-state index in [-0.39, 0.29) is 5.63 Å². The normalized spacial score (nSPS) is 10.6. The van der Waals surface area contributed by atoms with Crippen molar-refractivity contribution in [1.29, 1.82) is 0 Å². The molecule has 0 saturated heterocycles. The summed E-state index contributed by atoms with van der Waals surface area (Å²) in [6, 6.07) is 10.6. The maximum absolute atomic E-state index is 10.7. The van der Waals surface area contributed by atoms with E-state index in [1.54, 1.807) is 12.1 Å². The van der Waals surface area contributed by atoms with Crippen molar-refractivity contribution in [3.63, 3.8) is 0 Å². The molecule has 1 N–H and O–H groups in total. The minimum Gasteiger partial charge on any atom is -0.423 e. The van der Waals surface area contributed by atoms with Crippen LogP contribution < -0.4 is 5.63 Å². The summed E-state index contributed by atoms with van der Waals surface area (Å²) in [6.45, 7) is 0. The van der Waals surface area contributed by atoms with E-state index in [1.165, 1.54) is 6.07 Å². The van der Waals surface area contributed by atoms with Crippen molar-refractivity contribution in [2.45, 2.75) is 0 Å². The van der Waals surface area contributed by atoms with Crippen LogP contribution in [0.1, 0.15) is 0 Å². The van der Waals surface area contributed by atoms with Gasteiger partial charge in [0.2, 0.25) is 0 Å². The van der Waals surface area contributed by atoms with Crippen LogP contribution in [0.15, 0.2) is 45.6 Å². The maximum Gasteiger partial charge on any atom is 0.336 e. The summed E-state index contributed by atoms with van der Waals surface area (Å²) >= 11 is 0. The second-order valence-electron chi connectivity index (χ2n) is 3.03. The van der Waals surface area contributed by atoms with Crippen LogP contribution >= 0.6 is 0 Å². The van der Waals surface area contributed by atoms with Gasteiger partial charge in [-0.15, -0.1) is 0 Å². The average molecular weight is 242 g/mol. The highest BCUT2D eigenvalue weighted by atomic mass is 32.2. The first kappa shape index (κ1) is 12.4. The van der Waals surface area contributed by atoms with Crippen molar-refractivity contribution in [3.8, 4) is 0 Å². The summed E-state index contributed by atoms with van der Waals surface area (Å²) in [5, 5.41) is 0.951. The van der Waals surface area contributed by atoms with Crippen molar-refractivity contribution in [2.24, 2.45) is 0 Å². The van der Waals surface area contributed by atoms with Crippen LogP contribution in [-0.2, 0) is 10.1 Å². The Balaban J connectivity index is 0.000000221. The third kappa shape index (κ3) is 4.72. The molecule has 0 atom stereocenters. The minimum atomic E-state index is -3.67. The quantitative estimate of drug-likeness (QED) is 0.556. The van der Waals surface area contributed by atoms with Crippen molar-refractivity contribution in [1.82, 2.24) is 0 Å². The van der Waals surface area contributed by atoms with Gasteiger partial charge in [-0.25, -0.2) is 4.79 Å². The third-order valence-corrected chi connectivity index (χ3v) is 1.53. The fourth-order valence-electron chi connectivity index (χ4n) is 1.01. The topological polar surface area (TPSA) is 84.6 Å². The summed E-state index contributed by atoms with van der Waals surface area (Å²) in [6.07, 6.45) is 0.715. The number of fused-ring (bicyclic) bond motifs is 1.